The van der Waals surface area contributed by atoms with Crippen molar-refractivity contribution in [3.63, 3.8) is 0 Å². The van der Waals surface area contributed by atoms with Gasteiger partial charge in [-0.2, -0.15) is 13.2 Å². The Balaban J connectivity index is 1.73. The molecular weight excluding hydrogens is 465 g/mol. The number of benzene rings is 1. The summed E-state index contributed by atoms with van der Waals surface area (Å²) in [6.07, 6.45) is -4.56. The van der Waals surface area contributed by atoms with Crippen LogP contribution in [0.3, 0.4) is 0 Å². The molecule has 35 heavy (non-hydrogen) atoms. The molecule has 3 heterocycles. The highest BCUT2D eigenvalue weighted by Crippen LogP contribution is 2.47. The quantitative estimate of drug-likeness (QED) is 0.660. The second-order valence-electron chi connectivity index (χ2n) is 9.25. The van der Waals surface area contributed by atoms with Gasteiger partial charge in [-0.3, -0.25) is 19.3 Å². The normalized spacial score (nSPS) is 23.6. The summed E-state index contributed by atoms with van der Waals surface area (Å²) in [5.41, 5.74) is 1.53. The molecule has 1 aromatic heterocycles. The van der Waals surface area contributed by atoms with Crippen LogP contribution < -0.4 is 10.9 Å². The Hall–Kier alpha value is -3.18. The number of aromatic nitrogens is 1. The lowest BCUT2D eigenvalue weighted by Crippen LogP contribution is -2.44. The Labute approximate surface area is 199 Å². The van der Waals surface area contributed by atoms with Crippen LogP contribution >= 0.6 is 0 Å². The van der Waals surface area contributed by atoms with E-state index in [2.05, 4.69) is 0 Å². The zero-order valence-corrected chi connectivity index (χ0v) is 19.5. The van der Waals surface area contributed by atoms with Crippen molar-refractivity contribution in [2.24, 2.45) is 11.8 Å². The summed E-state index contributed by atoms with van der Waals surface area (Å²) < 4.78 is 39.6. The Kier molecular flexibility index (Phi) is 6.50. The van der Waals surface area contributed by atoms with Crippen molar-refractivity contribution in [1.82, 2.24) is 19.7 Å². The van der Waals surface area contributed by atoms with E-state index in [0.29, 0.717) is 22.4 Å². The van der Waals surface area contributed by atoms with E-state index in [9.17, 15) is 32.7 Å². The predicted octanol–water partition coefficient (Wildman–Crippen LogP) is 1.49. The molecule has 0 radical (unpaired) electrons. The number of pyridine rings is 1. The first kappa shape index (κ1) is 24.9. The average Bonchev–Trinajstić information content (AvgIpc) is 2.98. The van der Waals surface area contributed by atoms with Gasteiger partial charge >= 0.3 is 6.18 Å². The minimum atomic E-state index is -4.56. The Morgan fingerprint density at radius 1 is 1.20 bits per heavy atom. The molecule has 1 saturated heterocycles. The van der Waals surface area contributed by atoms with Crippen molar-refractivity contribution in [3.05, 3.63) is 58.0 Å². The van der Waals surface area contributed by atoms with Crippen molar-refractivity contribution < 1.29 is 27.9 Å². The third kappa shape index (κ3) is 4.45. The number of likely N-dealkylation sites (N-methyl/N-ethyl adjacent to an activating group) is 1. The van der Waals surface area contributed by atoms with Gasteiger partial charge in [-0.25, -0.2) is 0 Å². The number of nitrogens with zero attached hydrogens (tertiary/aromatic N) is 3. The molecule has 2 aliphatic rings. The molecule has 0 spiro atoms. The van der Waals surface area contributed by atoms with Gasteiger partial charge in [0.2, 0.25) is 5.91 Å². The SMILES string of the molecule is CN(C)C(=O)c1cccc(-c2ccc3n(c2=O)C[C@H]2[C@H](CO)[C@@H](C(=O)NCC(F)(F)F)[C@@H]3N2C)c1. The fourth-order valence-electron chi connectivity index (χ4n) is 5.29. The van der Waals surface area contributed by atoms with E-state index >= 15 is 0 Å². The highest BCUT2D eigenvalue weighted by Gasteiger charge is 2.54. The van der Waals surface area contributed by atoms with Gasteiger partial charge in [0.15, 0.2) is 0 Å². The summed E-state index contributed by atoms with van der Waals surface area (Å²) >= 11 is 0. The van der Waals surface area contributed by atoms with Crippen LogP contribution in [0.2, 0.25) is 0 Å². The second-order valence-corrected chi connectivity index (χ2v) is 9.25. The number of aliphatic hydroxyl groups excluding tert-OH is 1. The molecule has 0 aliphatic carbocycles. The number of fused-ring (bicyclic) bond motifs is 4. The number of carbonyl (C=O) groups excluding carboxylic acids is 2. The summed E-state index contributed by atoms with van der Waals surface area (Å²) in [6, 6.07) is 8.94. The van der Waals surface area contributed by atoms with E-state index in [1.165, 1.54) is 9.47 Å². The summed E-state index contributed by atoms with van der Waals surface area (Å²) in [4.78, 5) is 42.0. The Morgan fingerprint density at radius 2 is 1.91 bits per heavy atom. The number of hydrogen-bond donors (Lipinski definition) is 2. The van der Waals surface area contributed by atoms with Crippen molar-refractivity contribution in [3.8, 4) is 11.1 Å². The van der Waals surface area contributed by atoms with Crippen LogP contribution in [0.5, 0.6) is 0 Å². The lowest BCUT2D eigenvalue weighted by Gasteiger charge is -2.35. The second kappa shape index (κ2) is 9.12. The average molecular weight is 492 g/mol. The molecular formula is C24H27F3N4O4. The van der Waals surface area contributed by atoms with E-state index in [4.69, 9.17) is 0 Å². The molecule has 0 unspecified atom stereocenters. The van der Waals surface area contributed by atoms with Crippen LogP contribution in [-0.4, -0.2) is 77.8 Å². The lowest BCUT2D eigenvalue weighted by molar-refractivity contribution is -0.142. The van der Waals surface area contributed by atoms with Gasteiger partial charge in [0.05, 0.1) is 12.0 Å². The number of hydrogen-bond acceptors (Lipinski definition) is 5. The van der Waals surface area contributed by atoms with E-state index in [-0.39, 0.29) is 18.0 Å². The number of halogens is 3. The van der Waals surface area contributed by atoms with Gasteiger partial charge in [0, 0.05) is 56.0 Å². The van der Waals surface area contributed by atoms with Crippen molar-refractivity contribution in [1.29, 1.82) is 0 Å². The van der Waals surface area contributed by atoms with E-state index < -0.39 is 49.2 Å². The lowest BCUT2D eigenvalue weighted by atomic mass is 9.86. The van der Waals surface area contributed by atoms with Crippen LogP contribution in [0.4, 0.5) is 13.2 Å². The van der Waals surface area contributed by atoms with E-state index in [1.54, 1.807) is 57.5 Å². The molecule has 2 aliphatic heterocycles. The Morgan fingerprint density at radius 3 is 2.54 bits per heavy atom. The smallest absolute Gasteiger partial charge is 0.396 e. The molecule has 2 bridgehead atoms. The zero-order chi connectivity index (χ0) is 25.7. The Bertz CT molecular complexity index is 1210. The monoisotopic (exact) mass is 492 g/mol. The number of aliphatic hydroxyl groups is 1. The maximum atomic E-state index is 13.5. The van der Waals surface area contributed by atoms with Crippen LogP contribution in [0.15, 0.2) is 41.2 Å². The van der Waals surface area contributed by atoms with Crippen LogP contribution in [0.1, 0.15) is 22.1 Å². The first-order valence-electron chi connectivity index (χ1n) is 11.2. The summed E-state index contributed by atoms with van der Waals surface area (Å²) in [5, 5.41) is 12.0. The topological polar surface area (TPSA) is 94.9 Å². The minimum Gasteiger partial charge on any atom is -0.396 e. The minimum absolute atomic E-state index is 0.180. The maximum absolute atomic E-state index is 13.5. The van der Waals surface area contributed by atoms with Gasteiger partial charge in [0.25, 0.3) is 11.5 Å². The van der Waals surface area contributed by atoms with Gasteiger partial charge < -0.3 is 19.9 Å². The molecule has 4 atom stereocenters. The van der Waals surface area contributed by atoms with E-state index in [1.807, 2.05) is 10.2 Å². The summed E-state index contributed by atoms with van der Waals surface area (Å²) in [5.74, 6) is -2.59. The van der Waals surface area contributed by atoms with E-state index in [0.717, 1.165) is 0 Å². The number of rotatable bonds is 5. The predicted molar refractivity (Wildman–Crippen MR) is 122 cm³/mol. The first-order chi connectivity index (χ1) is 16.4. The van der Waals surface area contributed by atoms with Gasteiger partial charge in [-0.05, 0) is 36.9 Å². The number of alkyl halides is 3. The molecule has 8 nitrogen and oxygen atoms in total. The fourth-order valence-corrected chi connectivity index (χ4v) is 5.29. The standard InChI is InChI=1S/C24H27F3N4O4/c1-29(2)22(34)14-6-4-5-13(9-14)15-7-8-17-20-19(21(33)28-12-24(25,26)27)16(11-32)18(30(20)3)10-31(17)23(15)35/h4-9,16,18-20,32H,10-12H2,1-3H3,(H,28,33)/t16-,18-,19+,20+/m0/s1. The number of nitrogens with one attached hydrogen (secondary N) is 1. The van der Waals surface area contributed by atoms with Gasteiger partial charge in [-0.15, -0.1) is 0 Å². The molecule has 1 fully saturated rings. The van der Waals surface area contributed by atoms with Crippen molar-refractivity contribution in [2.75, 3.05) is 34.3 Å². The van der Waals surface area contributed by atoms with Crippen LogP contribution in [-0.2, 0) is 11.3 Å². The molecule has 11 heteroatoms. The molecule has 4 rings (SSSR count). The molecule has 188 valence electrons. The van der Waals surface area contributed by atoms with Crippen LogP contribution in [0.25, 0.3) is 11.1 Å². The highest BCUT2D eigenvalue weighted by molar-refractivity contribution is 5.95. The third-order valence-electron chi connectivity index (χ3n) is 6.94. The van der Waals surface area contributed by atoms with Crippen molar-refractivity contribution >= 4 is 11.8 Å². The zero-order valence-electron chi connectivity index (χ0n) is 19.5. The highest BCUT2D eigenvalue weighted by atomic mass is 19.4. The molecule has 2 aromatic rings. The summed E-state index contributed by atoms with van der Waals surface area (Å²) in [7, 11) is 5.01. The largest absolute Gasteiger partial charge is 0.405 e. The summed E-state index contributed by atoms with van der Waals surface area (Å²) in [6.45, 7) is -1.69. The molecule has 2 amide bonds. The van der Waals surface area contributed by atoms with Crippen molar-refractivity contribution in [2.45, 2.75) is 24.8 Å². The maximum Gasteiger partial charge on any atom is 0.405 e. The van der Waals surface area contributed by atoms with Crippen LogP contribution in [0, 0.1) is 11.8 Å². The van der Waals surface area contributed by atoms with Gasteiger partial charge in [-0.1, -0.05) is 12.1 Å². The number of amides is 2. The third-order valence-corrected chi connectivity index (χ3v) is 6.94. The molecule has 2 N–H and O–H groups in total. The fraction of sp³-hybridized carbons (Fsp3) is 0.458. The van der Waals surface area contributed by atoms with Gasteiger partial charge in [0.1, 0.15) is 6.54 Å². The first-order valence-corrected chi connectivity index (χ1v) is 11.2. The molecule has 0 saturated carbocycles. The molecule has 1 aromatic carbocycles. The number of carbonyl (C=O) groups is 2.